The lowest BCUT2D eigenvalue weighted by Gasteiger charge is -2.18. The standard InChI is InChI=1S/C17H15N3O5/c1-2-23-17(22)11-8-13-16(21)18-12(9-20(13)19-11)10-3-4-14-15(7-10)25-6-5-24-14/h3-4,7-9H,2,5-6H2,1H3,(H,18,21). The van der Waals surface area contributed by atoms with E-state index in [9.17, 15) is 9.59 Å². The average Bonchev–Trinajstić information content (AvgIpc) is 3.06. The molecule has 4 rings (SSSR count). The molecular weight excluding hydrogens is 326 g/mol. The first-order chi connectivity index (χ1) is 12.2. The molecule has 0 saturated carbocycles. The molecule has 0 amide bonds. The predicted molar refractivity (Wildman–Crippen MR) is 88.2 cm³/mol. The summed E-state index contributed by atoms with van der Waals surface area (Å²) in [5, 5.41) is 4.13. The Balaban J connectivity index is 1.78. The second-order valence-corrected chi connectivity index (χ2v) is 5.44. The van der Waals surface area contributed by atoms with Crippen LogP contribution in [0.4, 0.5) is 0 Å². The van der Waals surface area contributed by atoms with E-state index in [1.807, 2.05) is 6.07 Å². The third-order valence-electron chi connectivity index (χ3n) is 3.81. The Morgan fingerprint density at radius 2 is 2.08 bits per heavy atom. The third-order valence-corrected chi connectivity index (χ3v) is 3.81. The van der Waals surface area contributed by atoms with Crippen LogP contribution >= 0.6 is 0 Å². The highest BCUT2D eigenvalue weighted by Crippen LogP contribution is 2.33. The van der Waals surface area contributed by atoms with Gasteiger partial charge in [0, 0.05) is 11.6 Å². The molecule has 0 spiro atoms. The number of carbonyl (C=O) groups excluding carboxylic acids is 1. The van der Waals surface area contributed by atoms with E-state index in [2.05, 4.69) is 10.1 Å². The summed E-state index contributed by atoms with van der Waals surface area (Å²) in [5.41, 5.74) is 1.30. The summed E-state index contributed by atoms with van der Waals surface area (Å²) in [6, 6.07) is 6.81. The minimum atomic E-state index is -0.563. The molecule has 8 nitrogen and oxygen atoms in total. The van der Waals surface area contributed by atoms with Gasteiger partial charge in [-0.1, -0.05) is 0 Å². The second kappa shape index (κ2) is 5.97. The number of H-pyrrole nitrogens is 1. The maximum Gasteiger partial charge on any atom is 0.358 e. The van der Waals surface area contributed by atoms with Gasteiger partial charge in [-0.15, -0.1) is 0 Å². The smallest absolute Gasteiger partial charge is 0.358 e. The number of esters is 1. The van der Waals surface area contributed by atoms with Gasteiger partial charge in [0.15, 0.2) is 17.2 Å². The van der Waals surface area contributed by atoms with E-state index >= 15 is 0 Å². The van der Waals surface area contributed by atoms with Crippen molar-refractivity contribution in [3.8, 4) is 22.8 Å². The summed E-state index contributed by atoms with van der Waals surface area (Å²) in [4.78, 5) is 26.9. The predicted octanol–water partition coefficient (Wildman–Crippen LogP) is 1.64. The van der Waals surface area contributed by atoms with Crippen molar-refractivity contribution in [2.45, 2.75) is 6.92 Å². The normalized spacial score (nSPS) is 13.0. The molecule has 1 aliphatic rings. The number of rotatable bonds is 3. The van der Waals surface area contributed by atoms with Crippen molar-refractivity contribution in [1.82, 2.24) is 14.6 Å². The Bertz CT molecular complexity index is 1020. The minimum Gasteiger partial charge on any atom is -0.486 e. The summed E-state index contributed by atoms with van der Waals surface area (Å²) in [5.74, 6) is 0.728. The van der Waals surface area contributed by atoms with Crippen molar-refractivity contribution >= 4 is 11.5 Å². The van der Waals surface area contributed by atoms with E-state index in [0.717, 1.165) is 5.56 Å². The van der Waals surface area contributed by atoms with Crippen LogP contribution in [-0.2, 0) is 4.74 Å². The fraction of sp³-hybridized carbons (Fsp3) is 0.235. The SMILES string of the molecule is CCOC(=O)c1cc2c(=O)[nH]c(-c3ccc4c(c3)OCCO4)cn2n1. The van der Waals surface area contributed by atoms with Gasteiger partial charge in [-0.05, 0) is 25.1 Å². The van der Waals surface area contributed by atoms with Gasteiger partial charge in [-0.25, -0.2) is 9.31 Å². The van der Waals surface area contributed by atoms with Gasteiger partial charge in [-0.2, -0.15) is 5.10 Å². The molecule has 1 aromatic carbocycles. The summed E-state index contributed by atoms with van der Waals surface area (Å²) in [7, 11) is 0. The molecule has 3 heterocycles. The highest BCUT2D eigenvalue weighted by Gasteiger charge is 2.16. The second-order valence-electron chi connectivity index (χ2n) is 5.44. The number of aromatic amines is 1. The number of aromatic nitrogens is 3. The summed E-state index contributed by atoms with van der Waals surface area (Å²) >= 11 is 0. The van der Waals surface area contributed by atoms with Crippen LogP contribution in [0.2, 0.25) is 0 Å². The number of carbonyl (C=O) groups is 1. The van der Waals surface area contributed by atoms with E-state index in [4.69, 9.17) is 14.2 Å². The van der Waals surface area contributed by atoms with Crippen molar-refractivity contribution in [2.24, 2.45) is 0 Å². The maximum atomic E-state index is 12.3. The van der Waals surface area contributed by atoms with Crippen LogP contribution < -0.4 is 15.0 Å². The monoisotopic (exact) mass is 341 g/mol. The van der Waals surface area contributed by atoms with Gasteiger partial charge in [-0.3, -0.25) is 4.79 Å². The van der Waals surface area contributed by atoms with Crippen molar-refractivity contribution in [3.63, 3.8) is 0 Å². The van der Waals surface area contributed by atoms with Gasteiger partial charge in [0.1, 0.15) is 18.7 Å². The molecule has 0 atom stereocenters. The first kappa shape index (κ1) is 15.3. The Hall–Kier alpha value is -3.29. The fourth-order valence-corrected chi connectivity index (χ4v) is 2.67. The zero-order valence-corrected chi connectivity index (χ0v) is 13.4. The third kappa shape index (κ3) is 2.71. The first-order valence-corrected chi connectivity index (χ1v) is 7.85. The minimum absolute atomic E-state index is 0.0895. The zero-order chi connectivity index (χ0) is 17.4. The van der Waals surface area contributed by atoms with Crippen molar-refractivity contribution in [1.29, 1.82) is 0 Å². The van der Waals surface area contributed by atoms with E-state index in [1.54, 1.807) is 25.3 Å². The summed E-state index contributed by atoms with van der Waals surface area (Å²) < 4.78 is 17.3. The van der Waals surface area contributed by atoms with Gasteiger partial charge in [0.25, 0.3) is 5.56 Å². The van der Waals surface area contributed by atoms with Crippen LogP contribution in [0.15, 0.2) is 35.3 Å². The van der Waals surface area contributed by atoms with Crippen LogP contribution in [0.3, 0.4) is 0 Å². The van der Waals surface area contributed by atoms with Crippen molar-refractivity contribution < 1.29 is 19.0 Å². The molecule has 0 radical (unpaired) electrons. The molecule has 1 N–H and O–H groups in total. The lowest BCUT2D eigenvalue weighted by Crippen LogP contribution is -2.15. The molecule has 1 aliphatic heterocycles. The molecule has 0 bridgehead atoms. The molecule has 128 valence electrons. The Morgan fingerprint density at radius 1 is 1.28 bits per heavy atom. The molecule has 0 saturated heterocycles. The molecule has 2 aromatic heterocycles. The molecule has 25 heavy (non-hydrogen) atoms. The van der Waals surface area contributed by atoms with Crippen molar-refractivity contribution in [3.05, 3.63) is 46.5 Å². The number of fused-ring (bicyclic) bond motifs is 2. The van der Waals surface area contributed by atoms with Gasteiger partial charge < -0.3 is 19.2 Å². The van der Waals surface area contributed by atoms with E-state index in [-0.39, 0.29) is 23.4 Å². The fourth-order valence-electron chi connectivity index (χ4n) is 2.67. The molecular formula is C17H15N3O5. The van der Waals surface area contributed by atoms with Gasteiger partial charge >= 0.3 is 5.97 Å². The van der Waals surface area contributed by atoms with Crippen LogP contribution in [0.25, 0.3) is 16.8 Å². The first-order valence-electron chi connectivity index (χ1n) is 7.85. The van der Waals surface area contributed by atoms with Gasteiger partial charge in [0.2, 0.25) is 0 Å². The van der Waals surface area contributed by atoms with E-state index in [1.165, 1.54) is 10.6 Å². The molecule has 0 fully saturated rings. The molecule has 0 unspecified atom stereocenters. The summed E-state index contributed by atoms with van der Waals surface area (Å²) in [6.07, 6.45) is 1.64. The zero-order valence-electron chi connectivity index (χ0n) is 13.4. The van der Waals surface area contributed by atoms with E-state index in [0.29, 0.717) is 30.4 Å². The van der Waals surface area contributed by atoms with Gasteiger partial charge in [0.05, 0.1) is 18.5 Å². The average molecular weight is 341 g/mol. The lowest BCUT2D eigenvalue weighted by molar-refractivity contribution is 0.0519. The van der Waals surface area contributed by atoms with E-state index < -0.39 is 5.97 Å². The number of hydrogen-bond acceptors (Lipinski definition) is 6. The Labute approximate surface area is 141 Å². The Morgan fingerprint density at radius 3 is 2.88 bits per heavy atom. The highest BCUT2D eigenvalue weighted by molar-refractivity contribution is 5.88. The summed E-state index contributed by atoms with van der Waals surface area (Å²) in [6.45, 7) is 2.94. The van der Waals surface area contributed by atoms with Crippen LogP contribution in [0, 0.1) is 0 Å². The number of nitrogens with one attached hydrogen (secondary N) is 1. The highest BCUT2D eigenvalue weighted by atomic mass is 16.6. The molecule has 8 heteroatoms. The van der Waals surface area contributed by atoms with Crippen LogP contribution in [-0.4, -0.2) is 40.4 Å². The largest absolute Gasteiger partial charge is 0.486 e. The quantitative estimate of drug-likeness (QED) is 0.728. The number of benzene rings is 1. The lowest BCUT2D eigenvalue weighted by atomic mass is 10.1. The topological polar surface area (TPSA) is 94.9 Å². The number of ether oxygens (including phenoxy) is 3. The number of hydrogen-bond donors (Lipinski definition) is 1. The Kier molecular flexibility index (Phi) is 3.64. The maximum absolute atomic E-state index is 12.3. The van der Waals surface area contributed by atoms with Crippen LogP contribution in [0.1, 0.15) is 17.4 Å². The molecule has 0 aliphatic carbocycles. The van der Waals surface area contributed by atoms with Crippen molar-refractivity contribution in [2.75, 3.05) is 19.8 Å². The molecule has 3 aromatic rings. The van der Waals surface area contributed by atoms with Crippen LogP contribution in [0.5, 0.6) is 11.5 Å². The number of nitrogens with zero attached hydrogens (tertiary/aromatic N) is 2.